The highest BCUT2D eigenvalue weighted by Gasteiger charge is 2.18. The molecule has 2 aromatic carbocycles. The Balaban J connectivity index is 1.64. The van der Waals surface area contributed by atoms with Crippen molar-refractivity contribution >= 4 is 12.0 Å². The van der Waals surface area contributed by atoms with Gasteiger partial charge in [0.2, 0.25) is 5.89 Å². The first-order valence-electron chi connectivity index (χ1n) is 8.60. The monoisotopic (exact) mass is 380 g/mol. The maximum atomic E-state index is 12.1. The average molecular weight is 380 g/mol. The van der Waals surface area contributed by atoms with Gasteiger partial charge < -0.3 is 18.6 Å². The van der Waals surface area contributed by atoms with E-state index in [0.717, 1.165) is 16.9 Å². The fraction of sp³-hybridized carbons (Fsp3) is 0.190. The Labute approximate surface area is 162 Å². The van der Waals surface area contributed by atoms with Crippen LogP contribution in [-0.2, 0) is 9.53 Å². The average Bonchev–Trinajstić information content (AvgIpc) is 3.23. The highest BCUT2D eigenvalue weighted by molar-refractivity contribution is 5.87. The topological polar surface area (TPSA) is 83.7 Å². The Hall–Kier alpha value is -3.61. The van der Waals surface area contributed by atoms with E-state index in [2.05, 4.69) is 10.2 Å². The molecule has 3 rings (SSSR count). The minimum Gasteiger partial charge on any atom is -0.497 e. The number of esters is 1. The van der Waals surface area contributed by atoms with Crippen molar-refractivity contribution in [1.82, 2.24) is 10.2 Å². The molecule has 0 amide bonds. The van der Waals surface area contributed by atoms with Gasteiger partial charge in [-0.2, -0.15) is 0 Å². The number of ether oxygens (including phenoxy) is 3. The number of benzene rings is 2. The van der Waals surface area contributed by atoms with Gasteiger partial charge in [-0.05, 0) is 43.3 Å². The molecule has 0 saturated heterocycles. The van der Waals surface area contributed by atoms with Gasteiger partial charge in [0, 0.05) is 17.2 Å². The quantitative estimate of drug-likeness (QED) is 0.451. The molecule has 0 bridgehead atoms. The molecule has 0 saturated carbocycles. The number of rotatable bonds is 7. The summed E-state index contributed by atoms with van der Waals surface area (Å²) in [5.41, 5.74) is 1.52. The summed E-state index contributed by atoms with van der Waals surface area (Å²) >= 11 is 0. The molecule has 0 fully saturated rings. The number of para-hydroxylation sites is 1. The lowest BCUT2D eigenvalue weighted by molar-refractivity contribution is -0.143. The van der Waals surface area contributed by atoms with Gasteiger partial charge >= 0.3 is 5.97 Å². The largest absolute Gasteiger partial charge is 0.497 e. The fourth-order valence-corrected chi connectivity index (χ4v) is 2.47. The molecule has 1 heterocycles. The van der Waals surface area contributed by atoms with Crippen molar-refractivity contribution in [2.45, 2.75) is 13.0 Å². The van der Waals surface area contributed by atoms with Crippen molar-refractivity contribution in [3.63, 3.8) is 0 Å². The van der Waals surface area contributed by atoms with Gasteiger partial charge in [-0.25, -0.2) is 4.79 Å². The van der Waals surface area contributed by atoms with E-state index in [1.54, 1.807) is 39.4 Å². The number of carbonyl (C=O) groups is 1. The van der Waals surface area contributed by atoms with Gasteiger partial charge in [-0.1, -0.05) is 18.2 Å². The molecule has 0 unspecified atom stereocenters. The predicted molar refractivity (Wildman–Crippen MR) is 103 cm³/mol. The van der Waals surface area contributed by atoms with Gasteiger partial charge in [-0.3, -0.25) is 0 Å². The Morgan fingerprint density at radius 2 is 1.79 bits per heavy atom. The second-order valence-electron chi connectivity index (χ2n) is 5.83. The van der Waals surface area contributed by atoms with Crippen molar-refractivity contribution in [3.8, 4) is 23.0 Å². The van der Waals surface area contributed by atoms with Crippen LogP contribution in [0.3, 0.4) is 0 Å². The molecular formula is C21H20N2O5. The SMILES string of the molecule is COc1ccc(-c2nnc([C@@H](C)OC(=O)/C=C/c3ccccc3OC)o2)cc1. The van der Waals surface area contributed by atoms with Crippen LogP contribution in [0.5, 0.6) is 11.5 Å². The van der Waals surface area contributed by atoms with Crippen molar-refractivity contribution in [3.05, 3.63) is 66.1 Å². The van der Waals surface area contributed by atoms with Gasteiger partial charge in [0.25, 0.3) is 5.89 Å². The van der Waals surface area contributed by atoms with E-state index in [4.69, 9.17) is 18.6 Å². The van der Waals surface area contributed by atoms with Gasteiger partial charge in [0.05, 0.1) is 14.2 Å². The second kappa shape index (κ2) is 8.85. The zero-order valence-electron chi connectivity index (χ0n) is 15.8. The minimum atomic E-state index is -0.686. The van der Waals surface area contributed by atoms with Gasteiger partial charge in [-0.15, -0.1) is 10.2 Å². The summed E-state index contributed by atoms with van der Waals surface area (Å²) in [5.74, 6) is 1.42. The van der Waals surface area contributed by atoms with Crippen molar-refractivity contribution in [2.75, 3.05) is 14.2 Å². The number of nitrogens with zero attached hydrogens (tertiary/aromatic N) is 2. The highest BCUT2D eigenvalue weighted by Crippen LogP contribution is 2.24. The second-order valence-corrected chi connectivity index (χ2v) is 5.83. The molecule has 0 aliphatic carbocycles. The van der Waals surface area contributed by atoms with Crippen LogP contribution in [0.1, 0.15) is 24.5 Å². The van der Waals surface area contributed by atoms with Crippen molar-refractivity contribution < 1.29 is 23.4 Å². The molecule has 144 valence electrons. The lowest BCUT2D eigenvalue weighted by Gasteiger charge is -2.07. The standard InChI is InChI=1S/C21H20N2O5/c1-14(27-19(24)13-10-15-6-4-5-7-18(15)26-3)20-22-23-21(28-20)16-8-11-17(25-2)12-9-16/h4-14H,1-3H3/b13-10+/t14-/m1/s1. The third-order valence-corrected chi connectivity index (χ3v) is 3.96. The number of hydrogen-bond donors (Lipinski definition) is 0. The molecular weight excluding hydrogens is 360 g/mol. The highest BCUT2D eigenvalue weighted by atomic mass is 16.6. The number of aromatic nitrogens is 2. The maximum Gasteiger partial charge on any atom is 0.331 e. The molecule has 28 heavy (non-hydrogen) atoms. The summed E-state index contributed by atoms with van der Waals surface area (Å²) in [7, 11) is 3.17. The number of carbonyl (C=O) groups excluding carboxylic acids is 1. The Bertz CT molecular complexity index is 963. The van der Waals surface area contributed by atoms with E-state index in [1.807, 2.05) is 36.4 Å². The molecule has 3 aromatic rings. The van der Waals surface area contributed by atoms with Crippen LogP contribution >= 0.6 is 0 Å². The fourth-order valence-electron chi connectivity index (χ4n) is 2.47. The van der Waals surface area contributed by atoms with E-state index in [-0.39, 0.29) is 5.89 Å². The number of hydrogen-bond acceptors (Lipinski definition) is 7. The molecule has 7 heteroatoms. The van der Waals surface area contributed by atoms with Crippen LogP contribution in [0.15, 0.2) is 59.0 Å². The minimum absolute atomic E-state index is 0.213. The van der Waals surface area contributed by atoms with E-state index < -0.39 is 12.1 Å². The molecule has 0 spiro atoms. The summed E-state index contributed by atoms with van der Waals surface area (Å²) in [6.07, 6.45) is 2.27. The first kappa shape index (κ1) is 19.2. The Morgan fingerprint density at radius 3 is 2.50 bits per heavy atom. The summed E-state index contributed by atoms with van der Waals surface area (Å²) in [6.45, 7) is 1.67. The van der Waals surface area contributed by atoms with Crippen molar-refractivity contribution in [1.29, 1.82) is 0 Å². The van der Waals surface area contributed by atoms with Crippen molar-refractivity contribution in [2.24, 2.45) is 0 Å². The molecule has 0 N–H and O–H groups in total. The van der Waals surface area contributed by atoms with Crippen LogP contribution in [0, 0.1) is 0 Å². The van der Waals surface area contributed by atoms with Crippen LogP contribution in [0.25, 0.3) is 17.5 Å². The van der Waals surface area contributed by atoms with Gasteiger partial charge in [0.1, 0.15) is 11.5 Å². The molecule has 1 aromatic heterocycles. The normalized spacial score (nSPS) is 12.0. The lowest BCUT2D eigenvalue weighted by atomic mass is 10.2. The number of methoxy groups -OCH3 is 2. The smallest absolute Gasteiger partial charge is 0.331 e. The van der Waals surface area contributed by atoms with E-state index >= 15 is 0 Å². The molecule has 0 aliphatic heterocycles. The first-order valence-corrected chi connectivity index (χ1v) is 8.60. The van der Waals surface area contributed by atoms with Crippen LogP contribution in [0.2, 0.25) is 0 Å². The van der Waals surface area contributed by atoms with Crippen LogP contribution < -0.4 is 9.47 Å². The Morgan fingerprint density at radius 1 is 1.04 bits per heavy atom. The molecule has 7 nitrogen and oxygen atoms in total. The third kappa shape index (κ3) is 4.56. The van der Waals surface area contributed by atoms with E-state index in [0.29, 0.717) is 11.6 Å². The first-order chi connectivity index (χ1) is 13.6. The third-order valence-electron chi connectivity index (χ3n) is 3.96. The molecule has 0 aliphatic rings. The molecule has 0 radical (unpaired) electrons. The van der Waals surface area contributed by atoms with Crippen LogP contribution in [-0.4, -0.2) is 30.4 Å². The van der Waals surface area contributed by atoms with Gasteiger partial charge in [0.15, 0.2) is 6.10 Å². The zero-order valence-corrected chi connectivity index (χ0v) is 15.8. The summed E-state index contributed by atoms with van der Waals surface area (Å²) in [4.78, 5) is 12.1. The van der Waals surface area contributed by atoms with Crippen LogP contribution in [0.4, 0.5) is 0 Å². The summed E-state index contributed by atoms with van der Waals surface area (Å²) in [6, 6.07) is 14.6. The zero-order chi connectivity index (χ0) is 19.9. The molecule has 1 atom stereocenters. The summed E-state index contributed by atoms with van der Waals surface area (Å²) < 4.78 is 21.3. The lowest BCUT2D eigenvalue weighted by Crippen LogP contribution is -2.06. The summed E-state index contributed by atoms with van der Waals surface area (Å²) in [5, 5.41) is 7.97. The maximum absolute atomic E-state index is 12.1. The van der Waals surface area contributed by atoms with E-state index in [9.17, 15) is 4.79 Å². The predicted octanol–water partition coefficient (Wildman–Crippen LogP) is 4.07. The van der Waals surface area contributed by atoms with E-state index in [1.165, 1.54) is 6.08 Å². The Kier molecular flexibility index (Phi) is 6.06.